The maximum Gasteiger partial charge on any atom is 0.197 e. The van der Waals surface area contributed by atoms with Crippen LogP contribution in [0.5, 0.6) is 11.5 Å². The van der Waals surface area contributed by atoms with Crippen molar-refractivity contribution >= 4 is 11.0 Å². The molecular formula is C16H16O4. The Kier molecular flexibility index (Phi) is 2.71. The minimum atomic E-state index is -0.437. The third kappa shape index (κ3) is 1.82. The van der Waals surface area contributed by atoms with Gasteiger partial charge in [0.15, 0.2) is 16.9 Å². The first-order chi connectivity index (χ1) is 9.58. The summed E-state index contributed by atoms with van der Waals surface area (Å²) in [4.78, 5) is 12.1. The molecule has 0 unspecified atom stereocenters. The molecule has 0 saturated heterocycles. The van der Waals surface area contributed by atoms with Gasteiger partial charge < -0.3 is 14.6 Å². The average molecular weight is 272 g/mol. The van der Waals surface area contributed by atoms with E-state index in [-0.39, 0.29) is 19.6 Å². The van der Waals surface area contributed by atoms with Crippen molar-refractivity contribution in [2.45, 2.75) is 6.92 Å². The third-order valence-corrected chi connectivity index (χ3v) is 3.22. The highest BCUT2D eigenvalue weighted by molar-refractivity contribution is 5.88. The van der Waals surface area contributed by atoms with Gasteiger partial charge in [-0.2, -0.15) is 0 Å². The van der Waals surface area contributed by atoms with Gasteiger partial charge in [-0.25, -0.2) is 0 Å². The molecule has 0 saturated carbocycles. The average Bonchev–Trinajstić information content (AvgIpc) is 2.45. The smallest absolute Gasteiger partial charge is 0.197 e. The van der Waals surface area contributed by atoms with E-state index in [1.165, 1.54) is 12.1 Å². The summed E-state index contributed by atoms with van der Waals surface area (Å²) >= 11 is 0. The highest BCUT2D eigenvalue weighted by Crippen LogP contribution is 2.36. The number of hydrogen-bond donors (Lipinski definition) is 2. The first-order valence-corrected chi connectivity index (χ1v) is 6.12. The first kappa shape index (κ1) is 12.3. The van der Waals surface area contributed by atoms with Gasteiger partial charge in [0.1, 0.15) is 16.7 Å². The highest BCUT2D eigenvalue weighted by atomic mass is 16.3. The Morgan fingerprint density at radius 1 is 1.05 bits per heavy atom. The van der Waals surface area contributed by atoms with E-state index < -0.39 is 11.2 Å². The van der Waals surface area contributed by atoms with Crippen LogP contribution in [0.25, 0.3) is 22.3 Å². The van der Waals surface area contributed by atoms with Gasteiger partial charge in [0.2, 0.25) is 0 Å². The van der Waals surface area contributed by atoms with Crippen molar-refractivity contribution in [3.05, 3.63) is 58.3 Å². The minimum Gasteiger partial charge on any atom is -0.504 e. The van der Waals surface area contributed by atoms with Crippen LogP contribution in [0.1, 0.15) is 8.42 Å². The van der Waals surface area contributed by atoms with Crippen molar-refractivity contribution in [3.63, 3.8) is 0 Å². The van der Waals surface area contributed by atoms with Gasteiger partial charge in [0.25, 0.3) is 0 Å². The van der Waals surface area contributed by atoms with Gasteiger partial charge >= 0.3 is 0 Å². The lowest BCUT2D eigenvalue weighted by Crippen LogP contribution is -2.01. The second-order valence-corrected chi connectivity index (χ2v) is 4.60. The lowest BCUT2D eigenvalue weighted by atomic mass is 10.1. The predicted octanol–water partition coefficient (Wildman–Crippen LogP) is 3.67. The summed E-state index contributed by atoms with van der Waals surface area (Å²) in [7, 11) is 0. The number of benzene rings is 2. The molecule has 4 heteroatoms. The molecule has 104 valence electrons. The molecule has 20 heavy (non-hydrogen) atoms. The van der Waals surface area contributed by atoms with Crippen molar-refractivity contribution < 1.29 is 17.5 Å². The van der Waals surface area contributed by atoms with E-state index in [2.05, 4.69) is 0 Å². The van der Waals surface area contributed by atoms with E-state index in [0.29, 0.717) is 11.3 Å². The molecule has 0 amide bonds. The molecule has 0 bridgehead atoms. The highest BCUT2D eigenvalue weighted by Gasteiger charge is 2.15. The summed E-state index contributed by atoms with van der Waals surface area (Å²) in [5.41, 5.74) is 1.09. The molecule has 2 N–H and O–H groups in total. The van der Waals surface area contributed by atoms with Gasteiger partial charge in [-0.15, -0.1) is 0 Å². The summed E-state index contributed by atoms with van der Waals surface area (Å²) in [6, 6.07) is 12.1. The molecule has 0 aliphatic carbocycles. The monoisotopic (exact) mass is 272 g/mol. The first-order valence-electron chi connectivity index (χ1n) is 6.12. The Morgan fingerprint density at radius 2 is 1.75 bits per heavy atom. The molecule has 0 atom stereocenters. The standard InChI is InChI=1S/C16H12O4.2H2/c1-9-7-13-14(16(19)15(9)18)11(17)8-12(20-13)10-5-3-2-4-6-10;;/h2-8,18-19H,1H3;2*1H. The molecule has 0 fully saturated rings. The van der Waals surface area contributed by atoms with Gasteiger partial charge in [0.05, 0.1) is 0 Å². The van der Waals surface area contributed by atoms with Crippen LogP contribution in [0.4, 0.5) is 0 Å². The van der Waals surface area contributed by atoms with E-state index in [1.807, 2.05) is 30.3 Å². The number of phenolic OH excluding ortho intramolecular Hbond substituents is 2. The normalized spacial score (nSPS) is 10.8. The SMILES string of the molecule is Cc1cc2oc(-c3ccccc3)cc(=O)c2c(O)c1O.[HH].[HH]. The lowest BCUT2D eigenvalue weighted by molar-refractivity contribution is 0.404. The summed E-state index contributed by atoms with van der Waals surface area (Å²) in [5.74, 6) is -0.307. The Hall–Kier alpha value is -2.75. The topological polar surface area (TPSA) is 70.7 Å². The molecule has 2 aromatic carbocycles. The van der Waals surface area contributed by atoms with E-state index in [9.17, 15) is 15.0 Å². The lowest BCUT2D eigenvalue weighted by Gasteiger charge is -2.07. The Balaban J connectivity index is 0.00000121. The maximum absolute atomic E-state index is 12.1. The molecule has 4 nitrogen and oxygen atoms in total. The largest absolute Gasteiger partial charge is 0.504 e. The zero-order valence-corrected chi connectivity index (χ0v) is 10.8. The number of hydrogen-bond acceptors (Lipinski definition) is 4. The van der Waals surface area contributed by atoms with E-state index in [4.69, 9.17) is 4.42 Å². The Bertz CT molecular complexity index is 857. The summed E-state index contributed by atoms with van der Waals surface area (Å²) in [6.07, 6.45) is 0. The molecule has 0 aliphatic heterocycles. The summed E-state index contributed by atoms with van der Waals surface area (Å²) in [6.45, 7) is 1.63. The van der Waals surface area contributed by atoms with Gasteiger partial charge in [-0.3, -0.25) is 4.79 Å². The number of fused-ring (bicyclic) bond motifs is 1. The molecule has 1 heterocycles. The molecule has 1 aromatic heterocycles. The fraction of sp³-hybridized carbons (Fsp3) is 0.0625. The zero-order chi connectivity index (χ0) is 14.3. The molecule has 0 aliphatic rings. The third-order valence-electron chi connectivity index (χ3n) is 3.22. The number of aromatic hydroxyl groups is 2. The van der Waals surface area contributed by atoms with Crippen molar-refractivity contribution in [2.24, 2.45) is 0 Å². The van der Waals surface area contributed by atoms with Crippen LogP contribution in [0.2, 0.25) is 0 Å². The number of aryl methyl sites for hydroxylation is 1. The maximum atomic E-state index is 12.1. The van der Waals surface area contributed by atoms with Crippen LogP contribution in [0.3, 0.4) is 0 Å². The van der Waals surface area contributed by atoms with Crippen LogP contribution >= 0.6 is 0 Å². The Morgan fingerprint density at radius 3 is 2.45 bits per heavy atom. The molecule has 0 radical (unpaired) electrons. The van der Waals surface area contributed by atoms with Gasteiger partial charge in [0, 0.05) is 14.5 Å². The summed E-state index contributed by atoms with van der Waals surface area (Å²) < 4.78 is 5.67. The zero-order valence-electron chi connectivity index (χ0n) is 10.8. The molecule has 3 rings (SSSR count). The number of phenols is 2. The van der Waals surface area contributed by atoms with Crippen LogP contribution in [0, 0.1) is 6.92 Å². The van der Waals surface area contributed by atoms with E-state index >= 15 is 0 Å². The quantitative estimate of drug-likeness (QED) is 0.663. The van der Waals surface area contributed by atoms with Crippen molar-refractivity contribution in [2.75, 3.05) is 0 Å². The van der Waals surface area contributed by atoms with Crippen molar-refractivity contribution in [3.8, 4) is 22.8 Å². The van der Waals surface area contributed by atoms with Crippen LogP contribution < -0.4 is 5.43 Å². The molecule has 0 spiro atoms. The second-order valence-electron chi connectivity index (χ2n) is 4.60. The minimum absolute atomic E-state index is 0. The van der Waals surface area contributed by atoms with Crippen molar-refractivity contribution in [1.29, 1.82) is 0 Å². The predicted molar refractivity (Wildman–Crippen MR) is 80.2 cm³/mol. The fourth-order valence-electron chi connectivity index (χ4n) is 2.16. The number of rotatable bonds is 1. The Labute approximate surface area is 117 Å². The fourth-order valence-corrected chi connectivity index (χ4v) is 2.16. The summed E-state index contributed by atoms with van der Waals surface area (Å²) in [5, 5.41) is 19.5. The van der Waals surface area contributed by atoms with Crippen LogP contribution in [-0.2, 0) is 0 Å². The second kappa shape index (κ2) is 4.42. The van der Waals surface area contributed by atoms with Crippen molar-refractivity contribution in [1.82, 2.24) is 0 Å². The van der Waals surface area contributed by atoms with Gasteiger partial charge in [-0.1, -0.05) is 30.3 Å². The van der Waals surface area contributed by atoms with E-state index in [1.54, 1.807) is 6.92 Å². The molecular weight excluding hydrogens is 256 g/mol. The van der Waals surface area contributed by atoms with Crippen LogP contribution in [0.15, 0.2) is 51.7 Å². The van der Waals surface area contributed by atoms with Gasteiger partial charge in [-0.05, 0) is 18.6 Å². The van der Waals surface area contributed by atoms with Crippen LogP contribution in [-0.4, -0.2) is 10.2 Å². The molecule has 3 aromatic rings. The van der Waals surface area contributed by atoms with E-state index in [0.717, 1.165) is 5.56 Å².